The van der Waals surface area contributed by atoms with Crippen molar-refractivity contribution in [2.75, 3.05) is 20.0 Å². The molecule has 4 heteroatoms. The highest BCUT2D eigenvalue weighted by atomic mass is 19.1. The van der Waals surface area contributed by atoms with Crippen LogP contribution in [-0.2, 0) is 9.53 Å². The van der Waals surface area contributed by atoms with Gasteiger partial charge in [0.2, 0.25) is 0 Å². The predicted octanol–water partition coefficient (Wildman–Crippen LogP) is 1.66. The van der Waals surface area contributed by atoms with E-state index in [0.717, 1.165) is 6.08 Å². The first-order chi connectivity index (χ1) is 5.22. The highest BCUT2D eigenvalue weighted by Gasteiger charge is 1.90. The molecule has 0 amide bonds. The van der Waals surface area contributed by atoms with Crippen LogP contribution in [0.2, 0.25) is 0 Å². The summed E-state index contributed by atoms with van der Waals surface area (Å²) in [4.78, 5) is 10.1. The molecular weight excluding hydrogens is 154 g/mol. The van der Waals surface area contributed by atoms with Crippen molar-refractivity contribution in [1.82, 2.24) is 0 Å². The lowest BCUT2D eigenvalue weighted by Crippen LogP contribution is -2.02. The molecule has 0 unspecified atom stereocenters. The van der Waals surface area contributed by atoms with Crippen LogP contribution in [0, 0.1) is 0 Å². The van der Waals surface area contributed by atoms with E-state index in [4.69, 9.17) is 0 Å². The van der Waals surface area contributed by atoms with E-state index in [1.165, 1.54) is 6.92 Å². The summed E-state index contributed by atoms with van der Waals surface area (Å²) >= 11 is 0. The van der Waals surface area contributed by atoms with Gasteiger partial charge < -0.3 is 4.74 Å². The SMILES string of the molecule is C=CC(=O)OCCF.CCF. The first-order valence-corrected chi connectivity index (χ1v) is 3.14. The van der Waals surface area contributed by atoms with Gasteiger partial charge in [-0.1, -0.05) is 6.58 Å². The minimum Gasteiger partial charge on any atom is -0.460 e. The second kappa shape index (κ2) is 11.8. The van der Waals surface area contributed by atoms with E-state index >= 15 is 0 Å². The quantitative estimate of drug-likeness (QED) is 0.470. The number of carbonyl (C=O) groups is 1. The number of ether oxygens (including phenoxy) is 1. The summed E-state index contributed by atoms with van der Waals surface area (Å²) in [6, 6.07) is 0. The average molecular weight is 166 g/mol. The summed E-state index contributed by atoms with van der Waals surface area (Å²) < 4.78 is 25.7. The van der Waals surface area contributed by atoms with Crippen molar-refractivity contribution in [2.45, 2.75) is 6.92 Å². The molecule has 0 rings (SSSR count). The molecule has 0 aromatic carbocycles. The van der Waals surface area contributed by atoms with E-state index in [2.05, 4.69) is 11.3 Å². The van der Waals surface area contributed by atoms with E-state index in [1.807, 2.05) is 0 Å². The van der Waals surface area contributed by atoms with E-state index in [-0.39, 0.29) is 13.3 Å². The van der Waals surface area contributed by atoms with Gasteiger partial charge in [0.15, 0.2) is 0 Å². The zero-order chi connectivity index (χ0) is 9.11. The predicted molar refractivity (Wildman–Crippen MR) is 38.8 cm³/mol. The fourth-order valence-electron chi connectivity index (χ4n) is 0.198. The molecule has 66 valence electrons. The van der Waals surface area contributed by atoms with Crippen molar-refractivity contribution in [3.63, 3.8) is 0 Å². The lowest BCUT2D eigenvalue weighted by molar-refractivity contribution is -0.138. The van der Waals surface area contributed by atoms with Gasteiger partial charge in [0.05, 0.1) is 6.67 Å². The lowest BCUT2D eigenvalue weighted by Gasteiger charge is -1.93. The summed E-state index contributed by atoms with van der Waals surface area (Å²) in [6.45, 7) is 3.51. The van der Waals surface area contributed by atoms with Crippen LogP contribution in [0.25, 0.3) is 0 Å². The Labute approximate surface area is 64.9 Å². The molecule has 2 nitrogen and oxygen atoms in total. The zero-order valence-corrected chi connectivity index (χ0v) is 6.48. The van der Waals surface area contributed by atoms with Crippen LogP contribution in [0.1, 0.15) is 6.92 Å². The van der Waals surface area contributed by atoms with Gasteiger partial charge in [-0.2, -0.15) is 0 Å². The van der Waals surface area contributed by atoms with E-state index in [1.54, 1.807) is 0 Å². The smallest absolute Gasteiger partial charge is 0.330 e. The molecule has 0 aromatic rings. The lowest BCUT2D eigenvalue weighted by atomic mass is 10.6. The molecule has 0 saturated heterocycles. The van der Waals surface area contributed by atoms with Crippen LogP contribution >= 0.6 is 0 Å². The van der Waals surface area contributed by atoms with Crippen molar-refractivity contribution in [2.24, 2.45) is 0 Å². The van der Waals surface area contributed by atoms with E-state index in [9.17, 15) is 13.6 Å². The second-order valence-electron chi connectivity index (χ2n) is 1.33. The molecule has 0 radical (unpaired) electrons. The van der Waals surface area contributed by atoms with Gasteiger partial charge in [0, 0.05) is 6.08 Å². The minimum atomic E-state index is -0.639. The number of carbonyl (C=O) groups excluding carboxylic acids is 1. The maximum Gasteiger partial charge on any atom is 0.330 e. The third-order valence-electron chi connectivity index (χ3n) is 0.488. The molecule has 0 fully saturated rings. The van der Waals surface area contributed by atoms with Crippen molar-refractivity contribution in [3.05, 3.63) is 12.7 Å². The van der Waals surface area contributed by atoms with Crippen LogP contribution in [-0.4, -0.2) is 25.9 Å². The highest BCUT2D eigenvalue weighted by molar-refractivity contribution is 5.81. The molecule has 0 atom stereocenters. The number of halogens is 2. The van der Waals surface area contributed by atoms with Gasteiger partial charge in [0.25, 0.3) is 0 Å². The number of hydrogen-bond acceptors (Lipinski definition) is 2. The third-order valence-corrected chi connectivity index (χ3v) is 0.488. The Bertz CT molecular complexity index is 105. The molecule has 0 bridgehead atoms. The summed E-state index contributed by atoms with van der Waals surface area (Å²) in [7, 11) is 0. The molecule has 0 spiro atoms. The minimum absolute atomic E-state index is 0.176. The summed E-state index contributed by atoms with van der Waals surface area (Å²) in [5, 5.41) is 0. The molecule has 0 aliphatic rings. The fraction of sp³-hybridized carbons (Fsp3) is 0.571. The normalized spacial score (nSPS) is 7.55. The zero-order valence-electron chi connectivity index (χ0n) is 6.48. The Balaban J connectivity index is 0. The maximum atomic E-state index is 11.2. The topological polar surface area (TPSA) is 26.3 Å². The monoisotopic (exact) mass is 166 g/mol. The van der Waals surface area contributed by atoms with Gasteiger partial charge in [-0.3, -0.25) is 4.39 Å². The summed E-state index contributed by atoms with van der Waals surface area (Å²) in [6.07, 6.45) is 0.996. The fourth-order valence-corrected chi connectivity index (χ4v) is 0.198. The molecule has 0 N–H and O–H groups in total. The number of esters is 1. The van der Waals surface area contributed by atoms with E-state index in [0.29, 0.717) is 0 Å². The molecule has 11 heavy (non-hydrogen) atoms. The molecule has 0 aliphatic carbocycles. The maximum absolute atomic E-state index is 11.2. The molecule has 0 aliphatic heterocycles. The Kier molecular flexibility index (Phi) is 13.7. The molecule has 0 aromatic heterocycles. The summed E-state index contributed by atoms with van der Waals surface area (Å²) in [5.41, 5.74) is 0. The number of rotatable bonds is 3. The second-order valence-corrected chi connectivity index (χ2v) is 1.33. The van der Waals surface area contributed by atoms with Gasteiger partial charge in [-0.05, 0) is 6.92 Å². The Morgan fingerprint density at radius 2 is 2.09 bits per heavy atom. The molecular formula is C7H12F2O2. The number of hydrogen-bond donors (Lipinski definition) is 0. The third kappa shape index (κ3) is 17.6. The molecule has 0 heterocycles. The van der Waals surface area contributed by atoms with Crippen molar-refractivity contribution >= 4 is 5.97 Å². The Hall–Kier alpha value is -0.930. The van der Waals surface area contributed by atoms with Crippen molar-refractivity contribution in [1.29, 1.82) is 0 Å². The highest BCUT2D eigenvalue weighted by Crippen LogP contribution is 1.77. The first-order valence-electron chi connectivity index (χ1n) is 3.14. The van der Waals surface area contributed by atoms with Crippen LogP contribution < -0.4 is 0 Å². The van der Waals surface area contributed by atoms with Crippen LogP contribution in [0.15, 0.2) is 12.7 Å². The Morgan fingerprint density at radius 1 is 1.64 bits per heavy atom. The van der Waals surface area contributed by atoms with Crippen molar-refractivity contribution in [3.8, 4) is 0 Å². The average Bonchev–Trinajstić information content (AvgIpc) is 2.02. The van der Waals surface area contributed by atoms with Gasteiger partial charge in [0.1, 0.15) is 13.3 Å². The van der Waals surface area contributed by atoms with Gasteiger partial charge in [-0.25, -0.2) is 9.18 Å². The summed E-state index contributed by atoms with van der Waals surface area (Å²) in [5.74, 6) is -0.581. The largest absolute Gasteiger partial charge is 0.460 e. The first kappa shape index (κ1) is 12.7. The van der Waals surface area contributed by atoms with Crippen LogP contribution in [0.4, 0.5) is 8.78 Å². The Morgan fingerprint density at radius 3 is 2.36 bits per heavy atom. The van der Waals surface area contributed by atoms with Crippen molar-refractivity contribution < 1.29 is 18.3 Å². The van der Waals surface area contributed by atoms with Crippen LogP contribution in [0.5, 0.6) is 0 Å². The van der Waals surface area contributed by atoms with Crippen LogP contribution in [0.3, 0.4) is 0 Å². The van der Waals surface area contributed by atoms with E-state index < -0.39 is 12.6 Å². The molecule has 0 saturated carbocycles. The number of alkyl halides is 2. The van der Waals surface area contributed by atoms with Gasteiger partial charge >= 0.3 is 5.97 Å². The standard InChI is InChI=1S/C5H7FO2.C2H5F/c1-2-5(7)8-4-3-6;1-2-3/h2H,1,3-4H2;2H2,1H3. The van der Waals surface area contributed by atoms with Gasteiger partial charge in [-0.15, -0.1) is 0 Å².